The normalized spacial score (nSPS) is 22.3. The quantitative estimate of drug-likeness (QED) is 0.732. The fourth-order valence-corrected chi connectivity index (χ4v) is 5.07. The summed E-state index contributed by atoms with van der Waals surface area (Å²) in [7, 11) is 0. The third-order valence-electron chi connectivity index (χ3n) is 6.74. The Bertz CT molecular complexity index is 932. The summed E-state index contributed by atoms with van der Waals surface area (Å²) < 4.78 is 0. The van der Waals surface area contributed by atoms with Crippen LogP contribution in [0.15, 0.2) is 48.9 Å². The van der Waals surface area contributed by atoms with Crippen molar-refractivity contribution in [3.63, 3.8) is 0 Å². The summed E-state index contributed by atoms with van der Waals surface area (Å²) in [6.45, 7) is 5.19. The first kappa shape index (κ1) is 17.6. The highest BCUT2D eigenvalue weighted by molar-refractivity contribution is 5.79. The number of benzene rings is 1. The van der Waals surface area contributed by atoms with E-state index in [2.05, 4.69) is 49.0 Å². The number of likely N-dealkylation sites (tertiary alicyclic amines) is 1. The molecule has 0 radical (unpaired) electrons. The smallest absolute Gasteiger partial charge is 0.225 e. The first-order valence-electron chi connectivity index (χ1n) is 10.2. The number of aliphatic hydroxyl groups is 1. The van der Waals surface area contributed by atoms with Gasteiger partial charge in [0.05, 0.1) is 0 Å². The van der Waals surface area contributed by atoms with Gasteiger partial charge in [-0.25, -0.2) is 9.97 Å². The zero-order valence-electron chi connectivity index (χ0n) is 16.1. The summed E-state index contributed by atoms with van der Waals surface area (Å²) >= 11 is 0. The molecule has 5 rings (SSSR count). The van der Waals surface area contributed by atoms with E-state index in [0.29, 0.717) is 5.92 Å². The van der Waals surface area contributed by atoms with Gasteiger partial charge >= 0.3 is 0 Å². The van der Waals surface area contributed by atoms with Gasteiger partial charge in [-0.15, -0.1) is 0 Å². The van der Waals surface area contributed by atoms with Crippen LogP contribution in [-0.4, -0.2) is 57.7 Å². The third kappa shape index (κ3) is 3.16. The molecule has 2 aliphatic rings. The van der Waals surface area contributed by atoms with Gasteiger partial charge in [0.15, 0.2) is 0 Å². The van der Waals surface area contributed by atoms with Gasteiger partial charge in [-0.2, -0.15) is 0 Å². The van der Waals surface area contributed by atoms with Crippen molar-refractivity contribution in [2.24, 2.45) is 11.3 Å². The molecule has 2 saturated heterocycles. The molecule has 2 N–H and O–H groups in total. The van der Waals surface area contributed by atoms with Gasteiger partial charge in [0.1, 0.15) is 0 Å². The lowest BCUT2D eigenvalue weighted by molar-refractivity contribution is 0.0507. The summed E-state index contributed by atoms with van der Waals surface area (Å²) in [5, 5.41) is 11.3. The Kier molecular flexibility index (Phi) is 4.53. The van der Waals surface area contributed by atoms with E-state index in [1.807, 2.05) is 12.3 Å². The SMILES string of the molecule is OCC1CN(c2ncccn2)CC12CCN(Cc1ccc3[nH]ccc3c1)CC2. The maximum absolute atomic E-state index is 10.0. The van der Waals surface area contributed by atoms with Crippen LogP contribution in [0.5, 0.6) is 0 Å². The summed E-state index contributed by atoms with van der Waals surface area (Å²) in [4.78, 5) is 16.9. The van der Waals surface area contributed by atoms with Crippen molar-refractivity contribution in [2.45, 2.75) is 19.4 Å². The van der Waals surface area contributed by atoms with E-state index in [1.54, 1.807) is 12.4 Å². The molecule has 146 valence electrons. The van der Waals surface area contributed by atoms with Crippen LogP contribution < -0.4 is 4.90 Å². The lowest BCUT2D eigenvalue weighted by Gasteiger charge is -2.42. The second kappa shape index (κ2) is 7.18. The van der Waals surface area contributed by atoms with E-state index in [4.69, 9.17) is 0 Å². The summed E-state index contributed by atoms with van der Waals surface area (Å²) in [5.41, 5.74) is 2.74. The Morgan fingerprint density at radius 3 is 2.75 bits per heavy atom. The van der Waals surface area contributed by atoms with Gasteiger partial charge in [-0.3, -0.25) is 4.90 Å². The number of aromatic amines is 1. The van der Waals surface area contributed by atoms with Crippen LogP contribution in [0, 0.1) is 11.3 Å². The number of fused-ring (bicyclic) bond motifs is 1. The Hall–Kier alpha value is -2.44. The Balaban J connectivity index is 1.26. The Morgan fingerprint density at radius 2 is 1.96 bits per heavy atom. The van der Waals surface area contributed by atoms with Crippen molar-refractivity contribution < 1.29 is 5.11 Å². The minimum atomic E-state index is 0.176. The largest absolute Gasteiger partial charge is 0.396 e. The highest BCUT2D eigenvalue weighted by atomic mass is 16.3. The summed E-state index contributed by atoms with van der Waals surface area (Å²) in [5.74, 6) is 1.09. The van der Waals surface area contributed by atoms with Crippen LogP contribution in [0.25, 0.3) is 10.9 Å². The van der Waals surface area contributed by atoms with E-state index >= 15 is 0 Å². The molecule has 0 saturated carbocycles. The van der Waals surface area contributed by atoms with E-state index in [1.165, 1.54) is 16.5 Å². The second-order valence-electron chi connectivity index (χ2n) is 8.35. The number of piperidine rings is 1. The highest BCUT2D eigenvalue weighted by Gasteiger charge is 2.48. The molecular formula is C22H27N5O. The molecule has 6 heteroatoms. The molecule has 0 aliphatic carbocycles. The number of rotatable bonds is 4. The van der Waals surface area contributed by atoms with Crippen molar-refractivity contribution >= 4 is 16.9 Å². The molecule has 4 heterocycles. The lowest BCUT2D eigenvalue weighted by Crippen LogP contribution is -2.44. The van der Waals surface area contributed by atoms with Gasteiger partial charge in [-0.1, -0.05) is 6.07 Å². The van der Waals surface area contributed by atoms with Crippen LogP contribution in [0.3, 0.4) is 0 Å². The van der Waals surface area contributed by atoms with Gasteiger partial charge < -0.3 is 15.0 Å². The number of H-pyrrole nitrogens is 1. The molecule has 3 aromatic rings. The number of aromatic nitrogens is 3. The van der Waals surface area contributed by atoms with Crippen LogP contribution in [0.4, 0.5) is 5.95 Å². The van der Waals surface area contributed by atoms with Gasteiger partial charge in [0.25, 0.3) is 0 Å². The van der Waals surface area contributed by atoms with Crippen molar-refractivity contribution in [1.82, 2.24) is 19.9 Å². The maximum atomic E-state index is 10.0. The minimum absolute atomic E-state index is 0.176. The number of hydrogen-bond acceptors (Lipinski definition) is 5. The number of aliphatic hydroxyl groups excluding tert-OH is 1. The maximum Gasteiger partial charge on any atom is 0.225 e. The number of nitrogens with one attached hydrogen (secondary N) is 1. The van der Waals surface area contributed by atoms with Crippen molar-refractivity contribution in [3.05, 3.63) is 54.5 Å². The zero-order chi connectivity index (χ0) is 19.0. The molecule has 2 aromatic heterocycles. The van der Waals surface area contributed by atoms with E-state index < -0.39 is 0 Å². The van der Waals surface area contributed by atoms with Crippen LogP contribution in [-0.2, 0) is 6.54 Å². The molecule has 1 atom stereocenters. The number of anilines is 1. The predicted octanol–water partition coefficient (Wildman–Crippen LogP) is 2.67. The first-order valence-corrected chi connectivity index (χ1v) is 10.2. The fraction of sp³-hybridized carbons (Fsp3) is 0.455. The average Bonchev–Trinajstić information content (AvgIpc) is 3.35. The first-order chi connectivity index (χ1) is 13.8. The molecule has 0 amide bonds. The Labute approximate surface area is 165 Å². The second-order valence-corrected chi connectivity index (χ2v) is 8.35. The fourth-order valence-electron chi connectivity index (χ4n) is 5.07. The van der Waals surface area contributed by atoms with E-state index in [-0.39, 0.29) is 12.0 Å². The number of hydrogen-bond donors (Lipinski definition) is 2. The monoisotopic (exact) mass is 377 g/mol. The predicted molar refractivity (Wildman–Crippen MR) is 110 cm³/mol. The minimum Gasteiger partial charge on any atom is -0.396 e. The van der Waals surface area contributed by atoms with Gasteiger partial charge in [0.2, 0.25) is 5.95 Å². The molecule has 1 unspecified atom stereocenters. The van der Waals surface area contributed by atoms with Crippen molar-refractivity contribution in [2.75, 3.05) is 37.7 Å². The summed E-state index contributed by atoms with van der Waals surface area (Å²) in [6, 6.07) is 10.7. The average molecular weight is 377 g/mol. The number of nitrogens with zero attached hydrogens (tertiary/aromatic N) is 4. The molecule has 1 aromatic carbocycles. The molecule has 1 spiro atoms. The molecule has 6 nitrogen and oxygen atoms in total. The van der Waals surface area contributed by atoms with Crippen molar-refractivity contribution in [3.8, 4) is 0 Å². The van der Waals surface area contributed by atoms with Crippen molar-refractivity contribution in [1.29, 1.82) is 0 Å². The molecule has 2 aliphatic heterocycles. The molecule has 0 bridgehead atoms. The molecule has 28 heavy (non-hydrogen) atoms. The molecular weight excluding hydrogens is 350 g/mol. The van der Waals surface area contributed by atoms with E-state index in [9.17, 15) is 5.11 Å². The van der Waals surface area contributed by atoms with Gasteiger partial charge in [0, 0.05) is 56.3 Å². The van der Waals surface area contributed by atoms with Crippen LogP contribution in [0.2, 0.25) is 0 Å². The third-order valence-corrected chi connectivity index (χ3v) is 6.74. The summed E-state index contributed by atoms with van der Waals surface area (Å²) in [6.07, 6.45) is 7.83. The van der Waals surface area contributed by atoms with Crippen LogP contribution >= 0.6 is 0 Å². The Morgan fingerprint density at radius 1 is 1.14 bits per heavy atom. The topological polar surface area (TPSA) is 68.3 Å². The van der Waals surface area contributed by atoms with Crippen LogP contribution in [0.1, 0.15) is 18.4 Å². The lowest BCUT2D eigenvalue weighted by atomic mass is 9.71. The molecule has 2 fully saturated rings. The standard InChI is InChI=1S/C22H27N5O/c28-15-19-14-27(21-24-7-1-8-25-21)16-22(19)5-10-26(11-6-22)13-17-2-3-20-18(12-17)4-9-23-20/h1-4,7-9,12,19,23,28H,5-6,10-11,13-16H2. The van der Waals surface area contributed by atoms with Gasteiger partial charge in [-0.05, 0) is 66.6 Å². The zero-order valence-corrected chi connectivity index (χ0v) is 16.1. The van der Waals surface area contributed by atoms with E-state index in [0.717, 1.165) is 51.5 Å². The highest BCUT2D eigenvalue weighted by Crippen LogP contribution is 2.45.